The van der Waals surface area contributed by atoms with Gasteiger partial charge in [0.2, 0.25) is 5.95 Å². The number of anilines is 1. The maximum Gasteiger partial charge on any atom is 0.335 e. The van der Waals surface area contributed by atoms with Gasteiger partial charge in [-0.15, -0.1) is 11.8 Å². The molecule has 2 aliphatic heterocycles. The van der Waals surface area contributed by atoms with Crippen LogP contribution in [-0.4, -0.2) is 60.8 Å². The Hall–Kier alpha value is -0.666. The highest BCUT2D eigenvalue weighted by molar-refractivity contribution is 8.00. The zero-order valence-electron chi connectivity index (χ0n) is 21.9. The Morgan fingerprint density at radius 3 is 2.23 bits per heavy atom. The lowest BCUT2D eigenvalue weighted by Gasteiger charge is -2.51. The van der Waals surface area contributed by atoms with E-state index in [-0.39, 0.29) is 38.7 Å². The van der Waals surface area contributed by atoms with E-state index in [4.69, 9.17) is 30.3 Å². The zero-order chi connectivity index (χ0) is 25.9. The standard InChI is InChI=1S/C23H39ClN4O4SSi2/c1-12(2)34(13(3)4)30-11-17-19(31-35(32-34,14(5)6)15(7)8)18(29)22(33-17)28-10-9-16-20(24)26-23(25)27-21(16)28/h9-10,12-15,17-19,22,29H,11H2,1-8H3,(H2,25,26,27)/t17-,18+,19-,22-/m1/s1. The van der Waals surface area contributed by atoms with Crippen LogP contribution in [0.25, 0.3) is 11.0 Å². The van der Waals surface area contributed by atoms with Gasteiger partial charge in [0.05, 0.1) is 23.3 Å². The Labute approximate surface area is 219 Å². The monoisotopic (exact) mass is 558 g/mol. The van der Waals surface area contributed by atoms with Crippen molar-refractivity contribution in [2.45, 2.75) is 100 Å². The fourth-order valence-corrected chi connectivity index (χ4v) is 18.8. The quantitative estimate of drug-likeness (QED) is 0.361. The molecule has 0 saturated carbocycles. The Morgan fingerprint density at radius 2 is 1.66 bits per heavy atom. The number of rotatable bonds is 5. The molecule has 0 amide bonds. The van der Waals surface area contributed by atoms with Crippen LogP contribution in [0.4, 0.5) is 5.95 Å². The highest BCUT2D eigenvalue weighted by Crippen LogP contribution is 2.52. The summed E-state index contributed by atoms with van der Waals surface area (Å²) < 4.78 is 23.1. The van der Waals surface area contributed by atoms with Gasteiger partial charge >= 0.3 is 17.1 Å². The molecule has 2 aromatic heterocycles. The van der Waals surface area contributed by atoms with Crippen LogP contribution in [0.1, 0.15) is 60.8 Å². The van der Waals surface area contributed by atoms with E-state index in [0.717, 1.165) is 0 Å². The van der Waals surface area contributed by atoms with E-state index in [1.54, 1.807) is 11.8 Å². The van der Waals surface area contributed by atoms with Gasteiger partial charge < -0.3 is 28.4 Å². The van der Waals surface area contributed by atoms with Gasteiger partial charge in [-0.05, 0) is 28.2 Å². The molecule has 2 saturated heterocycles. The van der Waals surface area contributed by atoms with Crippen LogP contribution in [0, 0.1) is 0 Å². The molecule has 0 unspecified atom stereocenters. The number of hydrogen-bond donors (Lipinski definition) is 2. The Kier molecular flexibility index (Phi) is 7.74. The van der Waals surface area contributed by atoms with Crippen molar-refractivity contribution < 1.29 is 18.1 Å². The molecule has 0 aliphatic carbocycles. The van der Waals surface area contributed by atoms with Gasteiger partial charge in [0.15, 0.2) is 0 Å². The highest BCUT2D eigenvalue weighted by atomic mass is 35.5. The van der Waals surface area contributed by atoms with Crippen LogP contribution in [0.5, 0.6) is 0 Å². The predicted molar refractivity (Wildman–Crippen MR) is 147 cm³/mol. The number of aromatic nitrogens is 3. The molecule has 196 valence electrons. The summed E-state index contributed by atoms with van der Waals surface area (Å²) in [6.07, 6.45) is 0.693. The molecule has 0 aromatic carbocycles. The van der Waals surface area contributed by atoms with E-state index < -0.39 is 29.3 Å². The van der Waals surface area contributed by atoms with Gasteiger partial charge in [0.25, 0.3) is 0 Å². The topological polar surface area (TPSA) is 105 Å². The minimum atomic E-state index is -2.81. The van der Waals surface area contributed by atoms with E-state index in [9.17, 15) is 5.11 Å². The lowest BCUT2D eigenvalue weighted by atomic mass is 10.1. The van der Waals surface area contributed by atoms with E-state index in [2.05, 4.69) is 65.4 Å². The smallest absolute Gasteiger partial charge is 0.335 e. The predicted octanol–water partition coefficient (Wildman–Crippen LogP) is 5.60. The van der Waals surface area contributed by atoms with Crippen molar-refractivity contribution in [3.8, 4) is 0 Å². The second-order valence-corrected chi connectivity index (χ2v) is 21.5. The summed E-state index contributed by atoms with van der Waals surface area (Å²) in [5.41, 5.74) is 7.44. The fourth-order valence-electron chi connectivity index (χ4n) is 5.58. The zero-order valence-corrected chi connectivity index (χ0v) is 25.4. The van der Waals surface area contributed by atoms with Gasteiger partial charge in [0, 0.05) is 6.20 Å². The number of aliphatic hydroxyl groups excluding tert-OH is 1. The molecule has 12 heteroatoms. The van der Waals surface area contributed by atoms with Crippen LogP contribution in [0.15, 0.2) is 12.3 Å². The molecule has 8 nitrogen and oxygen atoms in total. The summed E-state index contributed by atoms with van der Waals surface area (Å²) in [5.74, 6) is 0.106. The first-order valence-corrected chi connectivity index (χ1v) is 17.7. The SMILES string of the molecule is CC(C)[Si]1(C(C)C)OC[C@H]2S[C@@H](n3ccc4c(Cl)nc(N)nc43)[C@@H](O)[C@@H]2O[Si](C(C)C)(C(C)C)O1. The maximum atomic E-state index is 11.7. The third-order valence-corrected chi connectivity index (χ3v) is 19.5. The van der Waals surface area contributed by atoms with Gasteiger partial charge in [-0.3, -0.25) is 0 Å². The largest absolute Gasteiger partial charge is 0.414 e. The van der Waals surface area contributed by atoms with Crippen LogP contribution in [0.3, 0.4) is 0 Å². The van der Waals surface area contributed by atoms with Crippen LogP contribution >= 0.6 is 23.4 Å². The maximum absolute atomic E-state index is 11.7. The summed E-state index contributed by atoms with van der Waals surface area (Å²) in [6.45, 7) is 18.1. The minimum absolute atomic E-state index is 0.0419. The Morgan fingerprint density at radius 1 is 1.06 bits per heavy atom. The van der Waals surface area contributed by atoms with Gasteiger partial charge in [-0.25, -0.2) is 4.98 Å². The normalized spacial score (nSPS) is 28.7. The van der Waals surface area contributed by atoms with Gasteiger partial charge in [0.1, 0.15) is 22.3 Å². The first-order valence-electron chi connectivity index (χ1n) is 12.5. The molecule has 2 aromatic rings. The van der Waals surface area contributed by atoms with Crippen LogP contribution in [-0.2, 0) is 13.0 Å². The second kappa shape index (κ2) is 9.90. The molecule has 4 rings (SSSR count). The summed E-state index contributed by atoms with van der Waals surface area (Å²) in [6, 6.07) is 1.86. The van der Waals surface area contributed by atoms with Gasteiger partial charge in [-0.2, -0.15) is 4.98 Å². The van der Waals surface area contributed by atoms with E-state index in [0.29, 0.717) is 22.8 Å². The van der Waals surface area contributed by atoms with Crippen LogP contribution in [0.2, 0.25) is 27.3 Å². The third-order valence-electron chi connectivity index (χ3n) is 7.46. The molecule has 4 heterocycles. The first kappa shape index (κ1) is 27.4. The molecular weight excluding hydrogens is 520 g/mol. The Bertz CT molecular complexity index is 1050. The molecule has 3 N–H and O–H groups in total. The van der Waals surface area contributed by atoms with Crippen molar-refractivity contribution in [3.05, 3.63) is 17.4 Å². The van der Waals surface area contributed by atoms with E-state index in [1.807, 2.05) is 16.8 Å². The first-order chi connectivity index (χ1) is 16.3. The minimum Gasteiger partial charge on any atom is -0.414 e. The highest BCUT2D eigenvalue weighted by Gasteiger charge is 2.61. The van der Waals surface area contributed by atoms with Gasteiger partial charge in [-0.1, -0.05) is 67.0 Å². The molecule has 2 aliphatic rings. The number of fused-ring (bicyclic) bond motifs is 2. The lowest BCUT2D eigenvalue weighted by molar-refractivity contribution is -0.00826. The van der Waals surface area contributed by atoms with E-state index >= 15 is 0 Å². The Balaban J connectivity index is 1.78. The van der Waals surface area contributed by atoms with E-state index in [1.165, 1.54) is 0 Å². The van der Waals surface area contributed by atoms with Crippen molar-refractivity contribution >= 4 is 57.5 Å². The number of hydrogen-bond acceptors (Lipinski definition) is 8. The molecule has 4 atom stereocenters. The number of halogens is 1. The number of nitrogens with two attached hydrogens (primary N) is 1. The number of nitrogen functional groups attached to an aromatic ring is 1. The molecule has 0 radical (unpaired) electrons. The summed E-state index contributed by atoms with van der Waals surface area (Å²) in [4.78, 5) is 8.49. The molecule has 2 fully saturated rings. The number of thioether (sulfide) groups is 1. The lowest BCUT2D eigenvalue weighted by Crippen LogP contribution is -2.65. The summed E-state index contributed by atoms with van der Waals surface area (Å²) in [5, 5.41) is 12.3. The van der Waals surface area contributed by atoms with Crippen molar-refractivity contribution in [3.63, 3.8) is 0 Å². The molecule has 0 bridgehead atoms. The average molecular weight is 559 g/mol. The number of aliphatic hydroxyl groups is 1. The number of nitrogens with zero attached hydrogens (tertiary/aromatic N) is 3. The summed E-state index contributed by atoms with van der Waals surface area (Å²) >= 11 is 7.98. The van der Waals surface area contributed by atoms with Crippen molar-refractivity contribution in [1.82, 2.24) is 14.5 Å². The molecule has 35 heavy (non-hydrogen) atoms. The molecule has 0 spiro atoms. The van der Waals surface area contributed by atoms with Crippen molar-refractivity contribution in [2.24, 2.45) is 0 Å². The van der Waals surface area contributed by atoms with Crippen molar-refractivity contribution in [2.75, 3.05) is 12.3 Å². The average Bonchev–Trinajstić information content (AvgIpc) is 3.28. The summed E-state index contributed by atoms with van der Waals surface area (Å²) in [7, 11) is -5.44. The fraction of sp³-hybridized carbons (Fsp3) is 0.739. The van der Waals surface area contributed by atoms with Crippen LogP contribution < -0.4 is 5.73 Å². The second-order valence-electron chi connectivity index (χ2n) is 10.9. The van der Waals surface area contributed by atoms with Crippen molar-refractivity contribution in [1.29, 1.82) is 0 Å². The molecular formula is C23H39ClN4O4SSi2. The third kappa shape index (κ3) is 4.49.